The second-order valence-electron chi connectivity index (χ2n) is 5.44. The van der Waals surface area contributed by atoms with Crippen molar-refractivity contribution in [2.24, 2.45) is 0 Å². The van der Waals surface area contributed by atoms with Crippen LogP contribution in [0.4, 0.5) is 5.69 Å². The van der Waals surface area contributed by atoms with Gasteiger partial charge in [-0.3, -0.25) is 9.89 Å². The van der Waals surface area contributed by atoms with Gasteiger partial charge in [-0.05, 0) is 13.8 Å². The maximum atomic E-state index is 12.1. The number of hydrogen-bond acceptors (Lipinski definition) is 4. The van der Waals surface area contributed by atoms with Gasteiger partial charge < -0.3 is 14.8 Å². The number of ether oxygens (including phenoxy) is 2. The summed E-state index contributed by atoms with van der Waals surface area (Å²) in [5.41, 5.74) is 4.63. The predicted molar refractivity (Wildman–Crippen MR) is 82.7 cm³/mol. The smallest absolute Gasteiger partial charge is 0.225 e. The van der Waals surface area contributed by atoms with E-state index in [1.807, 2.05) is 26.0 Å². The first kappa shape index (κ1) is 14.4. The Morgan fingerprint density at radius 3 is 2.55 bits per heavy atom. The van der Waals surface area contributed by atoms with Crippen LogP contribution in [0, 0.1) is 13.8 Å². The molecule has 0 spiro atoms. The van der Waals surface area contributed by atoms with Crippen molar-refractivity contribution in [2.45, 2.75) is 26.2 Å². The number of carbonyl (C=O) groups is 1. The summed E-state index contributed by atoms with van der Waals surface area (Å²) in [4.78, 5) is 12.1. The van der Waals surface area contributed by atoms with Crippen LogP contribution in [-0.2, 0) is 4.79 Å². The Morgan fingerprint density at radius 1 is 1.18 bits per heavy atom. The predicted octanol–water partition coefficient (Wildman–Crippen LogP) is 2.52. The second kappa shape index (κ2) is 5.36. The van der Waals surface area contributed by atoms with Gasteiger partial charge in [0.2, 0.25) is 5.91 Å². The van der Waals surface area contributed by atoms with Gasteiger partial charge in [0, 0.05) is 41.3 Å². The fraction of sp³-hybridized carbons (Fsp3) is 0.375. The lowest BCUT2D eigenvalue weighted by Gasteiger charge is -2.28. The summed E-state index contributed by atoms with van der Waals surface area (Å²) in [6.07, 6.45) is 0.372. The van der Waals surface area contributed by atoms with Gasteiger partial charge in [-0.2, -0.15) is 5.10 Å². The molecule has 22 heavy (non-hydrogen) atoms. The van der Waals surface area contributed by atoms with Crippen LogP contribution in [0.15, 0.2) is 12.1 Å². The topological polar surface area (TPSA) is 76.2 Å². The minimum absolute atomic E-state index is 0.0205. The first-order valence-electron chi connectivity index (χ1n) is 7.12. The number of rotatable bonds is 3. The zero-order valence-corrected chi connectivity index (χ0v) is 13.1. The van der Waals surface area contributed by atoms with Crippen molar-refractivity contribution in [2.75, 3.05) is 19.5 Å². The van der Waals surface area contributed by atoms with Gasteiger partial charge in [0.25, 0.3) is 0 Å². The average Bonchev–Trinajstić information content (AvgIpc) is 2.83. The fourth-order valence-corrected chi connectivity index (χ4v) is 3.16. The monoisotopic (exact) mass is 301 g/mol. The normalized spacial score (nSPS) is 16.9. The number of aryl methyl sites for hydroxylation is 2. The van der Waals surface area contributed by atoms with Crippen LogP contribution < -0.4 is 14.8 Å². The molecular weight excluding hydrogens is 282 g/mol. The van der Waals surface area contributed by atoms with E-state index in [4.69, 9.17) is 9.47 Å². The van der Waals surface area contributed by atoms with E-state index < -0.39 is 0 Å². The SMILES string of the molecule is COc1cc2c(c(OC)c1)C(c1c(C)n[nH]c1C)CC(=O)N2. The molecule has 1 aliphatic heterocycles. The van der Waals surface area contributed by atoms with Crippen molar-refractivity contribution in [3.63, 3.8) is 0 Å². The number of aromatic nitrogens is 2. The zero-order chi connectivity index (χ0) is 15.9. The van der Waals surface area contributed by atoms with Crippen LogP contribution in [0.5, 0.6) is 11.5 Å². The van der Waals surface area contributed by atoms with Gasteiger partial charge in [-0.15, -0.1) is 0 Å². The minimum Gasteiger partial charge on any atom is -0.497 e. The maximum absolute atomic E-state index is 12.1. The Labute approximate surface area is 128 Å². The van der Waals surface area contributed by atoms with Crippen molar-refractivity contribution in [1.82, 2.24) is 10.2 Å². The number of carbonyl (C=O) groups excluding carboxylic acids is 1. The Morgan fingerprint density at radius 2 is 1.95 bits per heavy atom. The molecule has 0 bridgehead atoms. The molecule has 2 aromatic rings. The van der Waals surface area contributed by atoms with Gasteiger partial charge in [0.1, 0.15) is 11.5 Å². The third-order valence-corrected chi connectivity index (χ3v) is 4.12. The highest BCUT2D eigenvalue weighted by Crippen LogP contribution is 2.45. The van der Waals surface area contributed by atoms with Gasteiger partial charge in [-0.25, -0.2) is 0 Å². The molecule has 1 aromatic heterocycles. The molecular formula is C16H19N3O3. The Bertz CT molecular complexity index is 717. The van der Waals surface area contributed by atoms with E-state index in [0.29, 0.717) is 17.9 Å². The van der Waals surface area contributed by atoms with E-state index in [1.165, 1.54) is 0 Å². The van der Waals surface area contributed by atoms with E-state index in [9.17, 15) is 4.79 Å². The highest BCUT2D eigenvalue weighted by atomic mass is 16.5. The Hall–Kier alpha value is -2.50. The van der Waals surface area contributed by atoms with E-state index >= 15 is 0 Å². The maximum Gasteiger partial charge on any atom is 0.225 e. The summed E-state index contributed by atoms with van der Waals surface area (Å²) in [6, 6.07) is 3.67. The van der Waals surface area contributed by atoms with E-state index in [0.717, 1.165) is 28.2 Å². The summed E-state index contributed by atoms with van der Waals surface area (Å²) < 4.78 is 10.8. The molecule has 116 valence electrons. The van der Waals surface area contributed by atoms with Gasteiger partial charge in [-0.1, -0.05) is 0 Å². The molecule has 0 fully saturated rings. The third kappa shape index (κ3) is 2.20. The van der Waals surface area contributed by atoms with E-state index in [2.05, 4.69) is 15.5 Å². The molecule has 0 saturated carbocycles. The number of benzene rings is 1. The van der Waals surface area contributed by atoms with Crippen LogP contribution >= 0.6 is 0 Å². The molecule has 2 N–H and O–H groups in total. The molecule has 6 nitrogen and oxygen atoms in total. The molecule has 6 heteroatoms. The number of aromatic amines is 1. The lowest BCUT2D eigenvalue weighted by molar-refractivity contribution is -0.116. The molecule has 1 aromatic carbocycles. The van der Waals surface area contributed by atoms with Crippen LogP contribution in [0.3, 0.4) is 0 Å². The summed E-state index contributed by atoms with van der Waals surface area (Å²) in [7, 11) is 3.21. The second-order valence-corrected chi connectivity index (χ2v) is 5.44. The highest BCUT2D eigenvalue weighted by Gasteiger charge is 2.33. The molecule has 0 radical (unpaired) electrons. The van der Waals surface area contributed by atoms with E-state index in [1.54, 1.807) is 14.2 Å². The Balaban J connectivity index is 2.22. The van der Waals surface area contributed by atoms with Crippen molar-refractivity contribution in [3.8, 4) is 11.5 Å². The lowest BCUT2D eigenvalue weighted by atomic mass is 9.83. The number of nitrogens with one attached hydrogen (secondary N) is 2. The average molecular weight is 301 g/mol. The number of hydrogen-bond donors (Lipinski definition) is 2. The Kier molecular flexibility index (Phi) is 3.52. The number of amides is 1. The number of H-pyrrole nitrogens is 1. The highest BCUT2D eigenvalue weighted by molar-refractivity contribution is 5.96. The van der Waals surface area contributed by atoms with Crippen molar-refractivity contribution in [1.29, 1.82) is 0 Å². The quantitative estimate of drug-likeness (QED) is 0.913. The van der Waals surface area contributed by atoms with Crippen LogP contribution in [0.1, 0.15) is 34.9 Å². The van der Waals surface area contributed by atoms with Crippen LogP contribution in [-0.4, -0.2) is 30.3 Å². The number of methoxy groups -OCH3 is 2. The van der Waals surface area contributed by atoms with Gasteiger partial charge >= 0.3 is 0 Å². The molecule has 0 saturated heterocycles. The number of fused-ring (bicyclic) bond motifs is 1. The van der Waals surface area contributed by atoms with Gasteiger partial charge in [0.15, 0.2) is 0 Å². The van der Waals surface area contributed by atoms with Gasteiger partial charge in [0.05, 0.1) is 25.6 Å². The molecule has 1 aliphatic rings. The number of anilines is 1. The third-order valence-electron chi connectivity index (χ3n) is 4.12. The lowest BCUT2D eigenvalue weighted by Crippen LogP contribution is -2.24. The molecule has 1 atom stereocenters. The molecule has 3 rings (SSSR count). The summed E-state index contributed by atoms with van der Waals surface area (Å²) in [6.45, 7) is 3.92. The fourth-order valence-electron chi connectivity index (χ4n) is 3.16. The standard InChI is InChI=1S/C16H19N3O3/c1-8-15(9(2)19-18-8)11-7-14(20)17-12-5-10(21-3)6-13(22-4)16(11)12/h5-6,11H,7H2,1-4H3,(H,17,20)(H,18,19). The van der Waals surface area contributed by atoms with Crippen LogP contribution in [0.2, 0.25) is 0 Å². The molecule has 2 heterocycles. The van der Waals surface area contributed by atoms with E-state index in [-0.39, 0.29) is 11.8 Å². The van der Waals surface area contributed by atoms with Crippen molar-refractivity contribution in [3.05, 3.63) is 34.6 Å². The summed E-state index contributed by atoms with van der Waals surface area (Å²) in [5, 5.41) is 10.2. The first-order chi connectivity index (χ1) is 10.5. The molecule has 1 unspecified atom stereocenters. The molecule has 1 amide bonds. The van der Waals surface area contributed by atoms with Crippen LogP contribution in [0.25, 0.3) is 0 Å². The summed E-state index contributed by atoms with van der Waals surface area (Å²) in [5.74, 6) is 1.26. The van der Waals surface area contributed by atoms with Crippen molar-refractivity contribution < 1.29 is 14.3 Å². The summed E-state index contributed by atoms with van der Waals surface area (Å²) >= 11 is 0. The van der Waals surface area contributed by atoms with Crippen molar-refractivity contribution >= 4 is 11.6 Å². The largest absolute Gasteiger partial charge is 0.497 e. The molecule has 0 aliphatic carbocycles. The number of nitrogens with zero attached hydrogens (tertiary/aromatic N) is 1. The zero-order valence-electron chi connectivity index (χ0n) is 13.1. The first-order valence-corrected chi connectivity index (χ1v) is 7.12. The minimum atomic E-state index is -0.0802.